The van der Waals surface area contributed by atoms with E-state index in [0.717, 1.165) is 26.9 Å². The number of thiophene rings is 1. The lowest BCUT2D eigenvalue weighted by molar-refractivity contribution is 0.557. The van der Waals surface area contributed by atoms with Crippen molar-refractivity contribution < 1.29 is 4.42 Å². The number of aromatic nitrogens is 2. The van der Waals surface area contributed by atoms with Crippen LogP contribution in [0.4, 0.5) is 0 Å². The smallest absolute Gasteiger partial charge is 0.336 e. The molecule has 4 aromatic rings. The average molecular weight is 338 g/mol. The molecule has 3 heterocycles. The van der Waals surface area contributed by atoms with Crippen molar-refractivity contribution in [2.45, 2.75) is 20.4 Å². The Hall–Kier alpha value is -2.73. The van der Waals surface area contributed by atoms with E-state index in [1.54, 1.807) is 6.07 Å². The van der Waals surface area contributed by atoms with Gasteiger partial charge in [-0.3, -0.25) is 9.36 Å². The van der Waals surface area contributed by atoms with Gasteiger partial charge in [0.25, 0.3) is 5.56 Å². The quantitative estimate of drug-likeness (QED) is 0.526. The Bertz CT molecular complexity index is 1200. The molecule has 120 valence electrons. The molecule has 1 aromatic carbocycles. The zero-order valence-corrected chi connectivity index (χ0v) is 14.0. The monoisotopic (exact) mass is 338 g/mol. The lowest BCUT2D eigenvalue weighted by Gasteiger charge is -2.10. The molecule has 0 amide bonds. The maximum absolute atomic E-state index is 12.6. The first-order chi connectivity index (χ1) is 11.5. The second-order valence-corrected chi connectivity index (χ2v) is 6.73. The number of aryl methyl sites for hydroxylation is 2. The van der Waals surface area contributed by atoms with Gasteiger partial charge in [-0.05, 0) is 54.1 Å². The van der Waals surface area contributed by atoms with E-state index in [4.69, 9.17) is 4.42 Å². The number of hydrogen-bond donors (Lipinski definition) is 0. The summed E-state index contributed by atoms with van der Waals surface area (Å²) in [5.74, 6) is 0. The van der Waals surface area contributed by atoms with Crippen molar-refractivity contribution in [3.63, 3.8) is 0 Å². The molecule has 0 spiro atoms. The minimum absolute atomic E-state index is 0.105. The Labute approximate surface area is 140 Å². The molecule has 0 bridgehead atoms. The summed E-state index contributed by atoms with van der Waals surface area (Å²) < 4.78 is 6.83. The van der Waals surface area contributed by atoms with E-state index < -0.39 is 5.63 Å². The van der Waals surface area contributed by atoms with Crippen LogP contribution in [0.15, 0.2) is 50.0 Å². The molecule has 0 aliphatic heterocycles. The summed E-state index contributed by atoms with van der Waals surface area (Å²) in [5.41, 5.74) is 2.93. The number of rotatable bonds is 2. The van der Waals surface area contributed by atoms with Crippen molar-refractivity contribution in [3.8, 4) is 0 Å². The Kier molecular flexibility index (Phi) is 3.35. The second kappa shape index (κ2) is 5.42. The van der Waals surface area contributed by atoms with Crippen LogP contribution in [0.3, 0.4) is 0 Å². The van der Waals surface area contributed by atoms with Crippen LogP contribution in [0.5, 0.6) is 0 Å². The fraction of sp³-hybridized carbons (Fsp3) is 0.167. The molecule has 4 rings (SSSR count). The van der Waals surface area contributed by atoms with Gasteiger partial charge in [0, 0.05) is 11.5 Å². The van der Waals surface area contributed by atoms with E-state index in [-0.39, 0.29) is 12.1 Å². The number of benzene rings is 1. The lowest BCUT2D eigenvalue weighted by Crippen LogP contribution is -2.21. The summed E-state index contributed by atoms with van der Waals surface area (Å²) in [6, 6.07) is 7.07. The molecule has 0 fully saturated rings. The van der Waals surface area contributed by atoms with Crippen LogP contribution < -0.4 is 11.2 Å². The van der Waals surface area contributed by atoms with E-state index in [0.29, 0.717) is 11.0 Å². The molecule has 5 nitrogen and oxygen atoms in total. The first-order valence-corrected chi connectivity index (χ1v) is 8.37. The molecule has 0 N–H and O–H groups in total. The summed E-state index contributed by atoms with van der Waals surface area (Å²) in [7, 11) is 0. The molecule has 0 aliphatic carbocycles. The molecule has 0 radical (unpaired) electrons. The fourth-order valence-electron chi connectivity index (χ4n) is 2.80. The van der Waals surface area contributed by atoms with Crippen LogP contribution in [-0.2, 0) is 6.54 Å². The molecule has 6 heteroatoms. The summed E-state index contributed by atoms with van der Waals surface area (Å²) in [6.07, 6.45) is 1.53. The van der Waals surface area contributed by atoms with Crippen LogP contribution in [0.25, 0.3) is 21.2 Å². The second-order valence-electron chi connectivity index (χ2n) is 5.84. The standard InChI is InChI=1S/C18H14N2O3S/c1-10-5-14-12(7-16(21)23-15(14)6-11(10)2)8-20-9-19-17-13(18(20)22)3-4-24-17/h3-7,9H,8H2,1-2H3. The van der Waals surface area contributed by atoms with E-state index in [9.17, 15) is 9.59 Å². The van der Waals surface area contributed by atoms with E-state index in [1.165, 1.54) is 28.3 Å². The normalized spacial score (nSPS) is 11.4. The van der Waals surface area contributed by atoms with Gasteiger partial charge in [-0.15, -0.1) is 11.3 Å². The van der Waals surface area contributed by atoms with Crippen molar-refractivity contribution in [3.05, 3.63) is 73.4 Å². The molecule has 0 atom stereocenters. The Morgan fingerprint density at radius 3 is 2.75 bits per heavy atom. The highest BCUT2D eigenvalue weighted by molar-refractivity contribution is 7.16. The Morgan fingerprint density at radius 2 is 1.92 bits per heavy atom. The van der Waals surface area contributed by atoms with Crippen LogP contribution in [0.2, 0.25) is 0 Å². The first-order valence-electron chi connectivity index (χ1n) is 7.49. The van der Waals surface area contributed by atoms with Gasteiger partial charge in [0.15, 0.2) is 0 Å². The third-order valence-corrected chi connectivity index (χ3v) is 5.06. The molecule has 0 aliphatic rings. The zero-order chi connectivity index (χ0) is 16.8. The van der Waals surface area contributed by atoms with Gasteiger partial charge in [0.1, 0.15) is 10.4 Å². The van der Waals surface area contributed by atoms with Crippen molar-refractivity contribution in [2.24, 2.45) is 0 Å². The van der Waals surface area contributed by atoms with Gasteiger partial charge in [0.2, 0.25) is 0 Å². The summed E-state index contributed by atoms with van der Waals surface area (Å²) in [4.78, 5) is 29.5. The maximum atomic E-state index is 12.6. The lowest BCUT2D eigenvalue weighted by atomic mass is 10.0. The van der Waals surface area contributed by atoms with E-state index in [2.05, 4.69) is 4.98 Å². The third-order valence-electron chi connectivity index (χ3n) is 4.24. The molecule has 0 saturated carbocycles. The Morgan fingerprint density at radius 1 is 1.12 bits per heavy atom. The third kappa shape index (κ3) is 2.35. The maximum Gasteiger partial charge on any atom is 0.336 e. The fourth-order valence-corrected chi connectivity index (χ4v) is 3.53. The van der Waals surface area contributed by atoms with Gasteiger partial charge in [-0.25, -0.2) is 9.78 Å². The highest BCUT2D eigenvalue weighted by Crippen LogP contribution is 2.22. The van der Waals surface area contributed by atoms with Gasteiger partial charge in [-0.1, -0.05) is 0 Å². The number of hydrogen-bond acceptors (Lipinski definition) is 5. The average Bonchev–Trinajstić information content (AvgIpc) is 3.01. The van der Waals surface area contributed by atoms with Crippen LogP contribution in [-0.4, -0.2) is 9.55 Å². The predicted octanol–water partition coefficient (Wildman–Crippen LogP) is 3.23. The van der Waals surface area contributed by atoms with Crippen LogP contribution in [0, 0.1) is 13.8 Å². The minimum Gasteiger partial charge on any atom is -0.423 e. The van der Waals surface area contributed by atoms with Gasteiger partial charge < -0.3 is 4.42 Å². The van der Waals surface area contributed by atoms with Crippen molar-refractivity contribution in [1.82, 2.24) is 9.55 Å². The molecule has 24 heavy (non-hydrogen) atoms. The largest absolute Gasteiger partial charge is 0.423 e. The molecular weight excluding hydrogens is 324 g/mol. The van der Waals surface area contributed by atoms with Crippen molar-refractivity contribution in [2.75, 3.05) is 0 Å². The van der Waals surface area contributed by atoms with Gasteiger partial charge in [0.05, 0.1) is 18.3 Å². The molecule has 0 unspecified atom stereocenters. The minimum atomic E-state index is -0.418. The predicted molar refractivity (Wildman–Crippen MR) is 94.9 cm³/mol. The summed E-state index contributed by atoms with van der Waals surface area (Å²) >= 11 is 1.44. The molecular formula is C18H14N2O3S. The number of fused-ring (bicyclic) bond motifs is 2. The molecule has 0 saturated heterocycles. The SMILES string of the molecule is Cc1cc2oc(=O)cc(Cn3cnc4sccc4c3=O)c2cc1C. The van der Waals surface area contributed by atoms with Gasteiger partial charge >= 0.3 is 5.63 Å². The van der Waals surface area contributed by atoms with Crippen molar-refractivity contribution >= 4 is 32.5 Å². The Balaban J connectivity index is 1.92. The zero-order valence-electron chi connectivity index (χ0n) is 13.2. The highest BCUT2D eigenvalue weighted by Gasteiger charge is 2.11. The van der Waals surface area contributed by atoms with Crippen molar-refractivity contribution in [1.29, 1.82) is 0 Å². The van der Waals surface area contributed by atoms with E-state index in [1.807, 2.05) is 31.4 Å². The van der Waals surface area contributed by atoms with E-state index >= 15 is 0 Å². The highest BCUT2D eigenvalue weighted by atomic mass is 32.1. The summed E-state index contributed by atoms with van der Waals surface area (Å²) in [5, 5.41) is 3.29. The first kappa shape index (κ1) is 14.8. The number of nitrogens with zero attached hydrogens (tertiary/aromatic N) is 2. The van der Waals surface area contributed by atoms with Crippen LogP contribution >= 0.6 is 11.3 Å². The van der Waals surface area contributed by atoms with Crippen LogP contribution in [0.1, 0.15) is 16.7 Å². The summed E-state index contributed by atoms with van der Waals surface area (Å²) in [6.45, 7) is 4.26. The molecule has 3 aromatic heterocycles. The van der Waals surface area contributed by atoms with Gasteiger partial charge in [-0.2, -0.15) is 0 Å². The topological polar surface area (TPSA) is 65.1 Å².